The predicted molar refractivity (Wildman–Crippen MR) is 128 cm³/mol. The number of amides is 3. The summed E-state index contributed by atoms with van der Waals surface area (Å²) in [7, 11) is 1.75. The van der Waals surface area contributed by atoms with Crippen molar-refractivity contribution in [3.63, 3.8) is 0 Å². The van der Waals surface area contributed by atoms with Crippen LogP contribution in [0.2, 0.25) is 0 Å². The Morgan fingerprint density at radius 3 is 2.62 bits per heavy atom. The van der Waals surface area contributed by atoms with E-state index in [1.54, 1.807) is 24.7 Å². The highest BCUT2D eigenvalue weighted by molar-refractivity contribution is 7.13. The molecule has 1 atom stereocenters. The summed E-state index contributed by atoms with van der Waals surface area (Å²) in [5, 5.41) is 11.6. The Morgan fingerprint density at radius 2 is 1.91 bits per heavy atom. The lowest BCUT2D eigenvalue weighted by Gasteiger charge is -2.14. The van der Waals surface area contributed by atoms with Gasteiger partial charge in [0.05, 0.1) is 27.2 Å². The van der Waals surface area contributed by atoms with E-state index in [1.165, 1.54) is 18.3 Å². The van der Waals surface area contributed by atoms with Gasteiger partial charge in [-0.1, -0.05) is 36.4 Å². The molecule has 0 bridgehead atoms. The van der Waals surface area contributed by atoms with Crippen molar-refractivity contribution in [2.75, 3.05) is 0 Å². The van der Waals surface area contributed by atoms with Crippen molar-refractivity contribution in [1.82, 2.24) is 25.4 Å². The summed E-state index contributed by atoms with van der Waals surface area (Å²) in [5.41, 5.74) is 2.90. The molecule has 4 rings (SSSR count). The van der Waals surface area contributed by atoms with Gasteiger partial charge < -0.3 is 10.1 Å². The quantitative estimate of drug-likeness (QED) is 0.410. The van der Waals surface area contributed by atoms with Gasteiger partial charge in [-0.3, -0.25) is 14.8 Å². The summed E-state index contributed by atoms with van der Waals surface area (Å²) in [6.07, 6.45) is -1.19. The molecule has 0 aliphatic heterocycles. The van der Waals surface area contributed by atoms with E-state index in [4.69, 9.17) is 4.74 Å². The van der Waals surface area contributed by atoms with E-state index in [-0.39, 0.29) is 12.1 Å². The van der Waals surface area contributed by atoms with Crippen molar-refractivity contribution in [2.45, 2.75) is 26.5 Å². The van der Waals surface area contributed by atoms with Gasteiger partial charge in [-0.2, -0.15) is 5.10 Å². The highest BCUT2D eigenvalue weighted by Crippen LogP contribution is 2.29. The second-order valence-corrected chi connectivity index (χ2v) is 8.59. The SMILES string of the molecule is Cc1nn(C)c2nc(-c3cccs3)cc(C(=O)OC(C)C(=O)NC(=O)NCc3ccccc3)c12. The number of nitrogens with zero attached hydrogens (tertiary/aromatic N) is 3. The minimum absolute atomic E-state index is 0.257. The Morgan fingerprint density at radius 1 is 1.15 bits per heavy atom. The normalized spacial score (nSPS) is 11.7. The topological polar surface area (TPSA) is 115 Å². The number of hydrogen-bond acceptors (Lipinski definition) is 7. The molecular weight excluding hydrogens is 454 g/mol. The smallest absolute Gasteiger partial charge is 0.339 e. The number of imide groups is 1. The first-order valence-corrected chi connectivity index (χ1v) is 11.4. The average molecular weight is 478 g/mol. The maximum absolute atomic E-state index is 13.1. The van der Waals surface area contributed by atoms with Crippen molar-refractivity contribution in [3.8, 4) is 10.6 Å². The highest BCUT2D eigenvalue weighted by Gasteiger charge is 2.25. The Kier molecular flexibility index (Phi) is 6.69. The number of benzene rings is 1. The van der Waals surface area contributed by atoms with E-state index in [0.717, 1.165) is 10.4 Å². The number of nitrogens with one attached hydrogen (secondary N) is 2. The Balaban J connectivity index is 1.48. The zero-order chi connectivity index (χ0) is 24.2. The number of rotatable bonds is 6. The number of aromatic nitrogens is 3. The summed E-state index contributed by atoms with van der Waals surface area (Å²) >= 11 is 1.49. The average Bonchev–Trinajstić information content (AvgIpc) is 3.46. The highest BCUT2D eigenvalue weighted by atomic mass is 32.1. The summed E-state index contributed by atoms with van der Waals surface area (Å²) in [5.74, 6) is -1.43. The molecule has 34 heavy (non-hydrogen) atoms. The van der Waals surface area contributed by atoms with Crippen molar-refractivity contribution in [2.24, 2.45) is 7.05 Å². The number of esters is 1. The first kappa shape index (κ1) is 23.1. The van der Waals surface area contributed by atoms with Crippen LogP contribution in [0.25, 0.3) is 21.6 Å². The number of ether oxygens (including phenoxy) is 1. The maximum atomic E-state index is 13.1. The zero-order valence-corrected chi connectivity index (χ0v) is 19.7. The lowest BCUT2D eigenvalue weighted by atomic mass is 10.1. The Hall–Kier alpha value is -4.05. The van der Waals surface area contributed by atoms with Crippen LogP contribution >= 0.6 is 11.3 Å². The van der Waals surface area contributed by atoms with Gasteiger partial charge in [-0.25, -0.2) is 14.6 Å². The molecule has 9 nitrogen and oxygen atoms in total. The van der Waals surface area contributed by atoms with E-state index >= 15 is 0 Å². The van der Waals surface area contributed by atoms with Gasteiger partial charge in [0.25, 0.3) is 5.91 Å². The van der Waals surface area contributed by atoms with Crippen LogP contribution < -0.4 is 10.6 Å². The van der Waals surface area contributed by atoms with Gasteiger partial charge in [-0.15, -0.1) is 11.3 Å². The van der Waals surface area contributed by atoms with Crippen LogP contribution in [0.15, 0.2) is 53.9 Å². The number of urea groups is 1. The van der Waals surface area contributed by atoms with E-state index < -0.39 is 24.0 Å². The molecule has 0 spiro atoms. The van der Waals surface area contributed by atoms with Crippen molar-refractivity contribution in [3.05, 3.63) is 70.7 Å². The fraction of sp³-hybridized carbons (Fsp3) is 0.208. The molecule has 1 unspecified atom stereocenters. The number of aryl methyl sites for hydroxylation is 2. The number of hydrogen-bond donors (Lipinski definition) is 2. The summed E-state index contributed by atoms with van der Waals surface area (Å²) in [6.45, 7) is 3.44. The van der Waals surface area contributed by atoms with Gasteiger partial charge in [0.15, 0.2) is 11.8 Å². The van der Waals surface area contributed by atoms with Gasteiger partial charge in [0.1, 0.15) is 0 Å². The molecule has 2 N–H and O–H groups in total. The molecule has 0 aliphatic rings. The van der Waals surface area contributed by atoms with Crippen LogP contribution in [0.5, 0.6) is 0 Å². The first-order chi connectivity index (χ1) is 16.3. The van der Waals surface area contributed by atoms with Crippen LogP contribution in [0.1, 0.15) is 28.5 Å². The fourth-order valence-corrected chi connectivity index (χ4v) is 4.16. The first-order valence-electron chi connectivity index (χ1n) is 10.6. The lowest BCUT2D eigenvalue weighted by Crippen LogP contribution is -2.44. The molecule has 4 aromatic rings. The fourth-order valence-electron chi connectivity index (χ4n) is 3.47. The molecule has 0 fully saturated rings. The van der Waals surface area contributed by atoms with Crippen molar-refractivity contribution in [1.29, 1.82) is 0 Å². The minimum atomic E-state index is -1.19. The Bertz CT molecular complexity index is 1350. The largest absolute Gasteiger partial charge is 0.449 e. The second kappa shape index (κ2) is 9.84. The third kappa shape index (κ3) is 4.96. The standard InChI is InChI=1S/C24H23N5O4S/c1-14-20-17(12-18(19-10-7-11-34-19)26-21(20)29(3)28-14)23(31)33-15(2)22(30)27-24(32)25-13-16-8-5-4-6-9-16/h4-12,15H,13H2,1-3H3,(H2,25,27,30,32). The molecule has 1 aromatic carbocycles. The van der Waals surface area contributed by atoms with Gasteiger partial charge in [0, 0.05) is 13.6 Å². The second-order valence-electron chi connectivity index (χ2n) is 7.65. The zero-order valence-electron chi connectivity index (χ0n) is 18.9. The van der Waals surface area contributed by atoms with Gasteiger partial charge in [-0.05, 0) is 36.9 Å². The molecule has 0 saturated carbocycles. The number of thiophene rings is 1. The van der Waals surface area contributed by atoms with Crippen molar-refractivity contribution < 1.29 is 19.1 Å². The lowest BCUT2D eigenvalue weighted by molar-refractivity contribution is -0.127. The number of pyridine rings is 1. The Labute approximate surface area is 199 Å². The summed E-state index contributed by atoms with van der Waals surface area (Å²) in [6, 6.07) is 14.1. The van der Waals surface area contributed by atoms with Gasteiger partial charge in [0.2, 0.25) is 0 Å². The minimum Gasteiger partial charge on any atom is -0.449 e. The number of carbonyl (C=O) groups excluding carboxylic acids is 3. The molecule has 174 valence electrons. The summed E-state index contributed by atoms with van der Waals surface area (Å²) in [4.78, 5) is 43.2. The van der Waals surface area contributed by atoms with E-state index in [2.05, 4.69) is 20.7 Å². The van der Waals surface area contributed by atoms with E-state index in [9.17, 15) is 14.4 Å². The predicted octanol–water partition coefficient (Wildman–Crippen LogP) is 3.58. The van der Waals surface area contributed by atoms with Crippen LogP contribution in [0, 0.1) is 6.92 Å². The third-order valence-corrected chi connectivity index (χ3v) is 6.04. The molecule has 0 radical (unpaired) electrons. The van der Waals surface area contributed by atoms with Crippen molar-refractivity contribution >= 4 is 40.3 Å². The van der Waals surface area contributed by atoms with E-state index in [1.807, 2.05) is 47.8 Å². The number of fused-ring (bicyclic) bond motifs is 1. The molecule has 3 heterocycles. The number of carbonyl (C=O) groups is 3. The summed E-state index contributed by atoms with van der Waals surface area (Å²) < 4.78 is 7.02. The molecule has 0 saturated heterocycles. The molecule has 10 heteroatoms. The maximum Gasteiger partial charge on any atom is 0.339 e. The third-order valence-electron chi connectivity index (χ3n) is 5.15. The van der Waals surface area contributed by atoms with Crippen LogP contribution in [-0.2, 0) is 23.1 Å². The molecule has 0 aliphatic carbocycles. The molecular formula is C24H23N5O4S. The molecule has 3 amide bonds. The van der Waals surface area contributed by atoms with E-state index in [0.29, 0.717) is 22.4 Å². The van der Waals surface area contributed by atoms with Crippen LogP contribution in [0.3, 0.4) is 0 Å². The molecule has 3 aromatic heterocycles. The monoisotopic (exact) mass is 477 g/mol. The van der Waals surface area contributed by atoms with Gasteiger partial charge >= 0.3 is 12.0 Å². The van der Waals surface area contributed by atoms with Crippen LogP contribution in [-0.4, -0.2) is 38.8 Å². The van der Waals surface area contributed by atoms with Crippen LogP contribution in [0.4, 0.5) is 4.79 Å².